The molecule has 1 aromatic rings. The highest BCUT2D eigenvalue weighted by Gasteiger charge is 2.16. The first-order valence-corrected chi connectivity index (χ1v) is 6.55. The van der Waals surface area contributed by atoms with Crippen LogP contribution >= 0.6 is 11.8 Å². The average molecular weight is 255 g/mol. The molecule has 1 heterocycles. The number of aliphatic hydroxyl groups is 1. The van der Waals surface area contributed by atoms with Crippen molar-refractivity contribution in [3.8, 4) is 11.5 Å². The van der Waals surface area contributed by atoms with Gasteiger partial charge in [-0.1, -0.05) is 6.92 Å². The van der Waals surface area contributed by atoms with E-state index in [1.165, 1.54) is 0 Å². The molecule has 5 heteroatoms. The van der Waals surface area contributed by atoms with Crippen LogP contribution < -0.4 is 15.2 Å². The molecule has 4 nitrogen and oxygen atoms in total. The van der Waals surface area contributed by atoms with Crippen LogP contribution in [0.15, 0.2) is 17.0 Å². The second-order valence-electron chi connectivity index (χ2n) is 3.97. The van der Waals surface area contributed by atoms with E-state index in [1.54, 1.807) is 11.8 Å². The van der Waals surface area contributed by atoms with Crippen molar-refractivity contribution < 1.29 is 14.6 Å². The monoisotopic (exact) mass is 255 g/mol. The van der Waals surface area contributed by atoms with Crippen molar-refractivity contribution in [2.75, 3.05) is 25.6 Å². The second-order valence-corrected chi connectivity index (χ2v) is 5.45. The summed E-state index contributed by atoms with van der Waals surface area (Å²) in [5, 5.41) is 9.21. The van der Waals surface area contributed by atoms with Crippen molar-refractivity contribution in [3.05, 3.63) is 12.1 Å². The molecule has 17 heavy (non-hydrogen) atoms. The summed E-state index contributed by atoms with van der Waals surface area (Å²) in [7, 11) is 0. The van der Waals surface area contributed by atoms with Gasteiger partial charge in [-0.25, -0.2) is 0 Å². The lowest BCUT2D eigenvalue weighted by Crippen LogP contribution is -2.15. The maximum absolute atomic E-state index is 8.89. The van der Waals surface area contributed by atoms with Crippen LogP contribution in [-0.4, -0.2) is 30.2 Å². The Bertz CT molecular complexity index is 398. The highest BCUT2D eigenvalue weighted by atomic mass is 32.2. The number of thioether (sulfide) groups is 1. The van der Waals surface area contributed by atoms with E-state index >= 15 is 0 Å². The van der Waals surface area contributed by atoms with Crippen LogP contribution in [0.5, 0.6) is 11.5 Å². The number of nitrogens with two attached hydrogens (primary N) is 1. The van der Waals surface area contributed by atoms with Crippen molar-refractivity contribution in [2.24, 2.45) is 0 Å². The van der Waals surface area contributed by atoms with E-state index < -0.39 is 0 Å². The minimum atomic E-state index is 0.193. The topological polar surface area (TPSA) is 64.7 Å². The molecule has 0 aliphatic carbocycles. The predicted molar refractivity (Wildman–Crippen MR) is 68.9 cm³/mol. The lowest BCUT2D eigenvalue weighted by Gasteiger charge is -2.20. The van der Waals surface area contributed by atoms with E-state index in [0.29, 0.717) is 29.9 Å². The third-order valence-electron chi connectivity index (χ3n) is 2.54. The zero-order chi connectivity index (χ0) is 12.3. The van der Waals surface area contributed by atoms with Gasteiger partial charge in [0.1, 0.15) is 13.2 Å². The van der Waals surface area contributed by atoms with Crippen molar-refractivity contribution in [3.63, 3.8) is 0 Å². The molecule has 3 N–H and O–H groups in total. The molecule has 0 saturated heterocycles. The molecule has 0 bridgehead atoms. The standard InChI is InChI=1S/C12H17NO3S/c1-8(2-3-14)17-12-7-11-10(6-9(12)13)15-4-5-16-11/h6-8,14H,2-5,13H2,1H3. The highest BCUT2D eigenvalue weighted by Crippen LogP contribution is 2.40. The number of benzene rings is 1. The van der Waals surface area contributed by atoms with Gasteiger partial charge in [-0.3, -0.25) is 0 Å². The summed E-state index contributed by atoms with van der Waals surface area (Å²) in [6.45, 7) is 3.41. The van der Waals surface area contributed by atoms with Gasteiger partial charge >= 0.3 is 0 Å². The van der Waals surface area contributed by atoms with E-state index in [0.717, 1.165) is 17.1 Å². The molecule has 1 aliphatic heterocycles. The van der Waals surface area contributed by atoms with Gasteiger partial charge in [-0.2, -0.15) is 0 Å². The average Bonchev–Trinajstić information content (AvgIpc) is 2.30. The van der Waals surface area contributed by atoms with E-state index in [1.807, 2.05) is 12.1 Å². The Labute approximate surface area is 105 Å². The maximum atomic E-state index is 8.89. The Morgan fingerprint density at radius 3 is 2.65 bits per heavy atom. The summed E-state index contributed by atoms with van der Waals surface area (Å²) in [4.78, 5) is 0.982. The van der Waals surface area contributed by atoms with Gasteiger partial charge in [0.05, 0.1) is 0 Å². The zero-order valence-electron chi connectivity index (χ0n) is 9.81. The summed E-state index contributed by atoms with van der Waals surface area (Å²) in [6.07, 6.45) is 0.749. The summed E-state index contributed by atoms with van der Waals surface area (Å²) in [5.74, 6) is 1.47. The van der Waals surface area contributed by atoms with Gasteiger partial charge in [-0.15, -0.1) is 11.8 Å². The number of rotatable bonds is 4. The molecular weight excluding hydrogens is 238 g/mol. The Morgan fingerprint density at radius 2 is 2.00 bits per heavy atom. The molecule has 0 aromatic heterocycles. The number of hydrogen-bond donors (Lipinski definition) is 2. The Hall–Kier alpha value is -1.07. The quantitative estimate of drug-likeness (QED) is 0.635. The number of aliphatic hydroxyl groups excluding tert-OH is 1. The van der Waals surface area contributed by atoms with Gasteiger partial charge in [0.2, 0.25) is 0 Å². The van der Waals surface area contributed by atoms with Crippen molar-refractivity contribution in [2.45, 2.75) is 23.5 Å². The normalized spacial score (nSPS) is 15.6. The molecule has 2 rings (SSSR count). The molecule has 0 amide bonds. The molecule has 0 fully saturated rings. The lowest BCUT2D eigenvalue weighted by atomic mass is 10.2. The fourth-order valence-electron chi connectivity index (χ4n) is 1.65. The molecule has 0 radical (unpaired) electrons. The van der Waals surface area contributed by atoms with Gasteiger partial charge in [0.25, 0.3) is 0 Å². The minimum Gasteiger partial charge on any atom is -0.486 e. The predicted octanol–water partition coefficient (Wildman–Crippen LogP) is 1.90. The molecule has 1 unspecified atom stereocenters. The smallest absolute Gasteiger partial charge is 0.163 e. The number of hydrogen-bond acceptors (Lipinski definition) is 5. The molecule has 0 spiro atoms. The molecule has 1 aliphatic rings. The lowest BCUT2D eigenvalue weighted by molar-refractivity contribution is 0.171. The molecule has 94 valence electrons. The largest absolute Gasteiger partial charge is 0.486 e. The fraction of sp³-hybridized carbons (Fsp3) is 0.500. The van der Waals surface area contributed by atoms with Gasteiger partial charge < -0.3 is 20.3 Å². The maximum Gasteiger partial charge on any atom is 0.163 e. The molecular formula is C12H17NO3S. The van der Waals surface area contributed by atoms with Gasteiger partial charge in [0.15, 0.2) is 11.5 Å². The third-order valence-corrected chi connectivity index (χ3v) is 3.78. The van der Waals surface area contributed by atoms with E-state index in [4.69, 9.17) is 20.3 Å². The zero-order valence-corrected chi connectivity index (χ0v) is 10.6. The first kappa shape index (κ1) is 12.4. The van der Waals surface area contributed by atoms with Crippen LogP contribution in [0.3, 0.4) is 0 Å². The number of fused-ring (bicyclic) bond motifs is 1. The second kappa shape index (κ2) is 5.51. The van der Waals surface area contributed by atoms with E-state index in [9.17, 15) is 0 Å². The number of ether oxygens (including phenoxy) is 2. The third kappa shape index (κ3) is 2.98. The molecule has 1 aromatic carbocycles. The highest BCUT2D eigenvalue weighted by molar-refractivity contribution is 8.00. The molecule has 0 saturated carbocycles. The van der Waals surface area contributed by atoms with E-state index in [2.05, 4.69) is 6.92 Å². The Morgan fingerprint density at radius 1 is 1.35 bits per heavy atom. The Balaban J connectivity index is 2.16. The van der Waals surface area contributed by atoms with Crippen LogP contribution in [0.1, 0.15) is 13.3 Å². The fourth-order valence-corrected chi connectivity index (χ4v) is 2.67. The van der Waals surface area contributed by atoms with Crippen molar-refractivity contribution in [1.82, 2.24) is 0 Å². The van der Waals surface area contributed by atoms with Crippen LogP contribution in [0.2, 0.25) is 0 Å². The van der Waals surface area contributed by atoms with Crippen LogP contribution in [0.25, 0.3) is 0 Å². The van der Waals surface area contributed by atoms with Crippen molar-refractivity contribution in [1.29, 1.82) is 0 Å². The number of nitrogen functional groups attached to an aromatic ring is 1. The van der Waals surface area contributed by atoms with E-state index in [-0.39, 0.29) is 6.61 Å². The first-order valence-electron chi connectivity index (χ1n) is 5.67. The summed E-state index contributed by atoms with van der Waals surface area (Å²) in [5.41, 5.74) is 6.67. The van der Waals surface area contributed by atoms with Gasteiger partial charge in [0, 0.05) is 28.5 Å². The van der Waals surface area contributed by atoms with Crippen molar-refractivity contribution >= 4 is 17.4 Å². The Kier molecular flexibility index (Phi) is 4.02. The summed E-state index contributed by atoms with van der Waals surface area (Å²) < 4.78 is 11.0. The number of anilines is 1. The minimum absolute atomic E-state index is 0.193. The van der Waals surface area contributed by atoms with Crippen LogP contribution in [-0.2, 0) is 0 Å². The van der Waals surface area contributed by atoms with Gasteiger partial charge in [-0.05, 0) is 12.5 Å². The summed E-state index contributed by atoms with van der Waals surface area (Å²) >= 11 is 1.65. The van der Waals surface area contributed by atoms with Crippen LogP contribution in [0, 0.1) is 0 Å². The molecule has 1 atom stereocenters. The summed E-state index contributed by atoms with van der Waals surface area (Å²) in [6, 6.07) is 3.73. The van der Waals surface area contributed by atoms with Crippen LogP contribution in [0.4, 0.5) is 5.69 Å². The first-order chi connectivity index (χ1) is 8.20. The SMILES string of the molecule is CC(CCO)Sc1cc2c(cc1N)OCCO2.